The highest BCUT2D eigenvalue weighted by Crippen LogP contribution is 2.19. The molecule has 1 heteroatoms. The molecule has 0 aromatic heterocycles. The van der Waals surface area contributed by atoms with E-state index in [-0.39, 0.29) is 0 Å². The highest BCUT2D eigenvalue weighted by Gasteiger charge is 1.99. The average Bonchev–Trinajstić information content (AvgIpc) is 2.25. The van der Waals surface area contributed by atoms with Gasteiger partial charge in [0.05, 0.1) is 0 Å². The molecule has 0 fully saturated rings. The molecular formula is C15H24S. The molecule has 0 aliphatic heterocycles. The summed E-state index contributed by atoms with van der Waals surface area (Å²) in [7, 11) is 0. The van der Waals surface area contributed by atoms with Crippen molar-refractivity contribution in [1.29, 1.82) is 0 Å². The van der Waals surface area contributed by atoms with Crippen LogP contribution in [0.3, 0.4) is 0 Å². The van der Waals surface area contributed by atoms with Gasteiger partial charge in [0.25, 0.3) is 0 Å². The second-order valence-corrected chi connectivity index (χ2v) is 6.24. The molecule has 0 heterocycles. The molecule has 0 N–H and O–H groups in total. The van der Waals surface area contributed by atoms with Crippen LogP contribution in [0, 0.1) is 5.92 Å². The molecule has 0 radical (unpaired) electrons. The van der Waals surface area contributed by atoms with Crippen molar-refractivity contribution in [3.05, 3.63) is 35.4 Å². The van der Waals surface area contributed by atoms with Gasteiger partial charge in [0.1, 0.15) is 0 Å². The minimum absolute atomic E-state index is 0.641. The van der Waals surface area contributed by atoms with Crippen LogP contribution in [-0.4, -0.2) is 5.75 Å². The van der Waals surface area contributed by atoms with Crippen molar-refractivity contribution >= 4 is 11.8 Å². The predicted octanol–water partition coefficient (Wildman–Crippen LogP) is 5.09. The highest BCUT2D eigenvalue weighted by atomic mass is 32.2. The molecular weight excluding hydrogens is 212 g/mol. The Morgan fingerprint density at radius 3 is 2.12 bits per heavy atom. The van der Waals surface area contributed by atoms with Crippen LogP contribution in [0.1, 0.15) is 51.2 Å². The highest BCUT2D eigenvalue weighted by molar-refractivity contribution is 7.98. The number of rotatable bonds is 6. The van der Waals surface area contributed by atoms with Gasteiger partial charge in [-0.1, -0.05) is 52.0 Å². The summed E-state index contributed by atoms with van der Waals surface area (Å²) in [6, 6.07) is 9.08. The van der Waals surface area contributed by atoms with Gasteiger partial charge in [-0.05, 0) is 35.1 Å². The molecule has 1 aromatic rings. The summed E-state index contributed by atoms with van der Waals surface area (Å²) in [5.74, 6) is 3.91. The van der Waals surface area contributed by atoms with E-state index in [0.29, 0.717) is 5.92 Å². The summed E-state index contributed by atoms with van der Waals surface area (Å²) in [6.07, 6.45) is 1.33. The summed E-state index contributed by atoms with van der Waals surface area (Å²) >= 11 is 2.05. The van der Waals surface area contributed by atoms with Crippen molar-refractivity contribution in [2.24, 2.45) is 5.92 Å². The van der Waals surface area contributed by atoms with Gasteiger partial charge in [-0.15, -0.1) is 0 Å². The smallest absolute Gasteiger partial charge is 0.0184 e. The topological polar surface area (TPSA) is 0 Å². The summed E-state index contributed by atoms with van der Waals surface area (Å²) in [4.78, 5) is 0. The SMILES string of the molecule is CC(C)CCSCc1ccc(C(C)C)cc1. The second kappa shape index (κ2) is 7.01. The average molecular weight is 236 g/mol. The molecule has 1 rings (SSSR count). The lowest BCUT2D eigenvalue weighted by atomic mass is 10.0. The third-order valence-corrected chi connectivity index (χ3v) is 3.82. The van der Waals surface area contributed by atoms with Crippen LogP contribution < -0.4 is 0 Å². The maximum absolute atomic E-state index is 2.29. The van der Waals surface area contributed by atoms with Gasteiger partial charge in [0, 0.05) is 5.75 Å². The fraction of sp³-hybridized carbons (Fsp3) is 0.600. The Hall–Kier alpha value is -0.430. The monoisotopic (exact) mass is 236 g/mol. The van der Waals surface area contributed by atoms with Crippen molar-refractivity contribution < 1.29 is 0 Å². The lowest BCUT2D eigenvalue weighted by Crippen LogP contribution is -1.91. The maximum atomic E-state index is 2.29. The van der Waals surface area contributed by atoms with E-state index in [9.17, 15) is 0 Å². The third-order valence-electron chi connectivity index (χ3n) is 2.75. The van der Waals surface area contributed by atoms with E-state index in [4.69, 9.17) is 0 Å². The standard InChI is InChI=1S/C15H24S/c1-12(2)9-10-16-11-14-5-7-15(8-6-14)13(3)4/h5-8,12-13H,9-11H2,1-4H3. The van der Waals surface area contributed by atoms with Crippen molar-refractivity contribution in [3.8, 4) is 0 Å². The Balaban J connectivity index is 2.32. The van der Waals surface area contributed by atoms with Crippen LogP contribution in [0.25, 0.3) is 0 Å². The van der Waals surface area contributed by atoms with Gasteiger partial charge in [-0.25, -0.2) is 0 Å². The number of hydrogen-bond donors (Lipinski definition) is 0. The van der Waals surface area contributed by atoms with Gasteiger partial charge in [-0.3, -0.25) is 0 Å². The second-order valence-electron chi connectivity index (χ2n) is 5.13. The molecule has 0 amide bonds. The van der Waals surface area contributed by atoms with Crippen molar-refractivity contribution in [1.82, 2.24) is 0 Å². The molecule has 0 atom stereocenters. The van der Waals surface area contributed by atoms with Crippen LogP contribution in [0.5, 0.6) is 0 Å². The van der Waals surface area contributed by atoms with Crippen molar-refractivity contribution in [3.63, 3.8) is 0 Å². The summed E-state index contributed by atoms with van der Waals surface area (Å²) in [5, 5.41) is 0. The zero-order valence-electron chi connectivity index (χ0n) is 11.0. The Morgan fingerprint density at radius 2 is 1.62 bits per heavy atom. The quantitative estimate of drug-likeness (QED) is 0.620. The zero-order valence-corrected chi connectivity index (χ0v) is 11.8. The van der Waals surface area contributed by atoms with E-state index in [1.54, 1.807) is 0 Å². The summed E-state index contributed by atoms with van der Waals surface area (Å²) in [5.41, 5.74) is 2.90. The zero-order chi connectivity index (χ0) is 12.0. The Kier molecular flexibility index (Phi) is 5.97. The molecule has 0 aliphatic carbocycles. The third kappa shape index (κ3) is 5.07. The number of thioether (sulfide) groups is 1. The van der Waals surface area contributed by atoms with E-state index >= 15 is 0 Å². The molecule has 0 bridgehead atoms. The molecule has 0 unspecified atom stereocenters. The first-order valence-corrected chi connectivity index (χ1v) is 7.41. The summed E-state index contributed by atoms with van der Waals surface area (Å²) in [6.45, 7) is 9.06. The van der Waals surface area contributed by atoms with Crippen LogP contribution in [0.15, 0.2) is 24.3 Å². The Labute approximate surface area is 105 Å². The maximum Gasteiger partial charge on any atom is 0.0184 e. The van der Waals surface area contributed by atoms with Crippen LogP contribution >= 0.6 is 11.8 Å². The molecule has 90 valence electrons. The minimum atomic E-state index is 0.641. The number of hydrogen-bond acceptors (Lipinski definition) is 1. The van der Waals surface area contributed by atoms with Crippen LogP contribution in [-0.2, 0) is 5.75 Å². The molecule has 0 nitrogen and oxygen atoms in total. The van der Waals surface area contributed by atoms with E-state index in [2.05, 4.69) is 52.0 Å². The van der Waals surface area contributed by atoms with E-state index in [0.717, 1.165) is 11.7 Å². The van der Waals surface area contributed by atoms with Gasteiger partial charge in [0.2, 0.25) is 0 Å². The fourth-order valence-electron chi connectivity index (χ4n) is 1.51. The predicted molar refractivity (Wildman–Crippen MR) is 76.1 cm³/mol. The first kappa shape index (κ1) is 13.6. The van der Waals surface area contributed by atoms with Gasteiger partial charge in [0.15, 0.2) is 0 Å². The minimum Gasteiger partial charge on any atom is -0.157 e. The van der Waals surface area contributed by atoms with E-state index < -0.39 is 0 Å². The Bertz CT molecular complexity index is 285. The number of benzene rings is 1. The Morgan fingerprint density at radius 1 is 1.00 bits per heavy atom. The summed E-state index contributed by atoms with van der Waals surface area (Å²) < 4.78 is 0. The van der Waals surface area contributed by atoms with Crippen molar-refractivity contribution in [2.75, 3.05) is 5.75 Å². The van der Waals surface area contributed by atoms with Gasteiger partial charge < -0.3 is 0 Å². The van der Waals surface area contributed by atoms with Crippen molar-refractivity contribution in [2.45, 2.75) is 45.8 Å². The molecule has 0 spiro atoms. The molecule has 1 aromatic carbocycles. The normalized spacial score (nSPS) is 11.4. The van der Waals surface area contributed by atoms with E-state index in [1.165, 1.54) is 23.3 Å². The van der Waals surface area contributed by atoms with Gasteiger partial charge in [-0.2, -0.15) is 11.8 Å². The lowest BCUT2D eigenvalue weighted by Gasteiger charge is -2.07. The molecule has 0 saturated heterocycles. The molecule has 16 heavy (non-hydrogen) atoms. The largest absolute Gasteiger partial charge is 0.157 e. The van der Waals surface area contributed by atoms with Crippen LogP contribution in [0.4, 0.5) is 0 Å². The van der Waals surface area contributed by atoms with Gasteiger partial charge >= 0.3 is 0 Å². The lowest BCUT2D eigenvalue weighted by molar-refractivity contribution is 0.632. The first-order chi connectivity index (χ1) is 7.59. The first-order valence-electron chi connectivity index (χ1n) is 6.26. The molecule has 0 saturated carbocycles. The van der Waals surface area contributed by atoms with E-state index in [1.807, 2.05) is 11.8 Å². The van der Waals surface area contributed by atoms with Crippen LogP contribution in [0.2, 0.25) is 0 Å². The molecule has 0 aliphatic rings. The fourth-order valence-corrected chi connectivity index (χ4v) is 2.72.